The Kier molecular flexibility index (Phi) is 6.83. The molecule has 122 valence electrons. The van der Waals surface area contributed by atoms with Gasteiger partial charge in [-0.15, -0.1) is 0 Å². The van der Waals surface area contributed by atoms with Crippen LogP contribution in [0.1, 0.15) is 22.8 Å². The number of carbonyl (C=O) groups is 1. The summed E-state index contributed by atoms with van der Waals surface area (Å²) in [6, 6.07) is 7.70. The second kappa shape index (κ2) is 8.88. The third kappa shape index (κ3) is 5.09. The SMILES string of the molecule is CCOCCN1CCN(Cc2cccc(C(=O)OC)c2)CC1. The minimum Gasteiger partial charge on any atom is -0.465 e. The molecule has 1 saturated heterocycles. The Morgan fingerprint density at radius 2 is 1.91 bits per heavy atom. The highest BCUT2D eigenvalue weighted by molar-refractivity contribution is 5.89. The molecule has 0 aromatic heterocycles. The fraction of sp³-hybridized carbons (Fsp3) is 0.588. The van der Waals surface area contributed by atoms with Crippen molar-refractivity contribution < 1.29 is 14.3 Å². The van der Waals surface area contributed by atoms with Crippen LogP contribution in [0.15, 0.2) is 24.3 Å². The molecule has 0 aliphatic carbocycles. The molecule has 1 aromatic carbocycles. The van der Waals surface area contributed by atoms with Crippen LogP contribution >= 0.6 is 0 Å². The molecule has 0 radical (unpaired) electrons. The van der Waals surface area contributed by atoms with Crippen LogP contribution in [0.3, 0.4) is 0 Å². The maximum atomic E-state index is 11.6. The van der Waals surface area contributed by atoms with Crippen LogP contribution in [0, 0.1) is 0 Å². The highest BCUT2D eigenvalue weighted by Gasteiger charge is 2.17. The number of rotatable bonds is 7. The molecule has 0 unspecified atom stereocenters. The summed E-state index contributed by atoms with van der Waals surface area (Å²) >= 11 is 0. The van der Waals surface area contributed by atoms with Crippen molar-refractivity contribution in [1.29, 1.82) is 0 Å². The monoisotopic (exact) mass is 306 g/mol. The highest BCUT2D eigenvalue weighted by atomic mass is 16.5. The molecule has 0 atom stereocenters. The fourth-order valence-electron chi connectivity index (χ4n) is 2.68. The average Bonchev–Trinajstić information content (AvgIpc) is 2.56. The number of methoxy groups -OCH3 is 1. The smallest absolute Gasteiger partial charge is 0.337 e. The van der Waals surface area contributed by atoms with Crippen LogP contribution in [0.25, 0.3) is 0 Å². The molecule has 1 aliphatic heterocycles. The second-order valence-corrected chi connectivity index (χ2v) is 5.51. The molecule has 5 nitrogen and oxygen atoms in total. The van der Waals surface area contributed by atoms with Crippen molar-refractivity contribution in [3.8, 4) is 0 Å². The van der Waals surface area contributed by atoms with Gasteiger partial charge in [0.05, 0.1) is 19.3 Å². The zero-order valence-corrected chi connectivity index (χ0v) is 13.6. The van der Waals surface area contributed by atoms with E-state index >= 15 is 0 Å². The highest BCUT2D eigenvalue weighted by Crippen LogP contribution is 2.11. The standard InChI is InChI=1S/C17H26N2O3/c1-3-22-12-11-18-7-9-19(10-8-18)14-15-5-4-6-16(13-15)17(20)21-2/h4-6,13H,3,7-12,14H2,1-2H3. The first kappa shape index (κ1) is 16.9. The largest absolute Gasteiger partial charge is 0.465 e. The van der Waals surface area contributed by atoms with Crippen molar-refractivity contribution in [2.45, 2.75) is 13.5 Å². The van der Waals surface area contributed by atoms with E-state index in [4.69, 9.17) is 9.47 Å². The van der Waals surface area contributed by atoms with Gasteiger partial charge in [0.1, 0.15) is 0 Å². The molecule has 0 saturated carbocycles. The van der Waals surface area contributed by atoms with Gasteiger partial charge >= 0.3 is 5.97 Å². The summed E-state index contributed by atoms with van der Waals surface area (Å²) in [4.78, 5) is 16.4. The van der Waals surface area contributed by atoms with E-state index in [0.29, 0.717) is 5.56 Å². The average molecular weight is 306 g/mol. The molecule has 5 heteroatoms. The first-order valence-corrected chi connectivity index (χ1v) is 7.92. The van der Waals surface area contributed by atoms with E-state index < -0.39 is 0 Å². The number of ether oxygens (including phenoxy) is 2. The third-order valence-corrected chi connectivity index (χ3v) is 3.98. The summed E-state index contributed by atoms with van der Waals surface area (Å²) < 4.78 is 10.2. The lowest BCUT2D eigenvalue weighted by atomic mass is 10.1. The van der Waals surface area contributed by atoms with Gasteiger partial charge in [0.2, 0.25) is 0 Å². The Bertz CT molecular complexity index is 471. The van der Waals surface area contributed by atoms with Gasteiger partial charge in [-0.25, -0.2) is 4.79 Å². The van der Waals surface area contributed by atoms with E-state index in [1.165, 1.54) is 7.11 Å². The van der Waals surface area contributed by atoms with E-state index in [-0.39, 0.29) is 5.97 Å². The van der Waals surface area contributed by atoms with Gasteiger partial charge in [-0.3, -0.25) is 9.80 Å². The predicted molar refractivity (Wildman–Crippen MR) is 86.0 cm³/mol. The summed E-state index contributed by atoms with van der Waals surface area (Å²) in [5.74, 6) is -0.275. The minimum absolute atomic E-state index is 0.275. The maximum absolute atomic E-state index is 11.6. The summed E-state index contributed by atoms with van der Waals surface area (Å²) in [7, 11) is 1.41. The van der Waals surface area contributed by atoms with Crippen molar-refractivity contribution in [2.24, 2.45) is 0 Å². The van der Waals surface area contributed by atoms with Crippen molar-refractivity contribution in [3.63, 3.8) is 0 Å². The lowest BCUT2D eigenvalue weighted by Crippen LogP contribution is -2.46. The molecule has 1 fully saturated rings. The van der Waals surface area contributed by atoms with Crippen molar-refractivity contribution >= 4 is 5.97 Å². The van der Waals surface area contributed by atoms with E-state index in [1.807, 2.05) is 19.1 Å². The fourth-order valence-corrected chi connectivity index (χ4v) is 2.68. The van der Waals surface area contributed by atoms with E-state index in [0.717, 1.165) is 58.0 Å². The van der Waals surface area contributed by atoms with Crippen LogP contribution in [-0.4, -0.2) is 68.8 Å². The topological polar surface area (TPSA) is 42.0 Å². The molecular formula is C17H26N2O3. The molecule has 2 rings (SSSR count). The maximum Gasteiger partial charge on any atom is 0.337 e. The van der Waals surface area contributed by atoms with Crippen LogP contribution in [0.5, 0.6) is 0 Å². The number of carbonyl (C=O) groups excluding carboxylic acids is 1. The van der Waals surface area contributed by atoms with Crippen LogP contribution in [0.4, 0.5) is 0 Å². The quantitative estimate of drug-likeness (QED) is 0.566. The molecule has 0 bridgehead atoms. The number of esters is 1. The summed E-state index contributed by atoms with van der Waals surface area (Å²) in [6.07, 6.45) is 0. The number of hydrogen-bond acceptors (Lipinski definition) is 5. The number of piperazine rings is 1. The zero-order valence-electron chi connectivity index (χ0n) is 13.6. The third-order valence-electron chi connectivity index (χ3n) is 3.98. The van der Waals surface area contributed by atoms with E-state index in [2.05, 4.69) is 15.9 Å². The molecule has 1 heterocycles. The normalized spacial score (nSPS) is 16.6. The summed E-state index contributed by atoms with van der Waals surface area (Å²) in [5.41, 5.74) is 1.78. The molecule has 0 N–H and O–H groups in total. The molecule has 0 amide bonds. The Labute approximate surface area is 132 Å². The zero-order chi connectivity index (χ0) is 15.8. The van der Waals surface area contributed by atoms with Gasteiger partial charge in [-0.1, -0.05) is 12.1 Å². The van der Waals surface area contributed by atoms with E-state index in [9.17, 15) is 4.79 Å². The van der Waals surface area contributed by atoms with Gasteiger partial charge in [-0.2, -0.15) is 0 Å². The van der Waals surface area contributed by atoms with E-state index in [1.54, 1.807) is 6.07 Å². The van der Waals surface area contributed by atoms with Crippen LogP contribution in [-0.2, 0) is 16.0 Å². The summed E-state index contributed by atoms with van der Waals surface area (Å²) in [5, 5.41) is 0. The number of nitrogens with zero attached hydrogens (tertiary/aromatic N) is 2. The Morgan fingerprint density at radius 1 is 1.18 bits per heavy atom. The van der Waals surface area contributed by atoms with Crippen molar-refractivity contribution in [2.75, 3.05) is 53.0 Å². The Balaban J connectivity index is 1.79. The van der Waals surface area contributed by atoms with Crippen LogP contribution < -0.4 is 0 Å². The molecule has 0 spiro atoms. The van der Waals surface area contributed by atoms with Gasteiger partial charge < -0.3 is 9.47 Å². The first-order chi connectivity index (χ1) is 10.7. The van der Waals surface area contributed by atoms with Gasteiger partial charge in [0.15, 0.2) is 0 Å². The summed E-state index contributed by atoms with van der Waals surface area (Å²) in [6.45, 7) is 9.77. The van der Waals surface area contributed by atoms with Crippen molar-refractivity contribution in [1.82, 2.24) is 9.80 Å². The van der Waals surface area contributed by atoms with Crippen molar-refractivity contribution in [3.05, 3.63) is 35.4 Å². The lowest BCUT2D eigenvalue weighted by Gasteiger charge is -2.34. The molecule has 1 aliphatic rings. The Hall–Kier alpha value is -1.43. The van der Waals surface area contributed by atoms with Gasteiger partial charge in [0, 0.05) is 45.9 Å². The molecule has 1 aromatic rings. The molecular weight excluding hydrogens is 280 g/mol. The second-order valence-electron chi connectivity index (χ2n) is 5.51. The number of hydrogen-bond donors (Lipinski definition) is 0. The first-order valence-electron chi connectivity index (χ1n) is 7.92. The predicted octanol–water partition coefficient (Wildman–Crippen LogP) is 1.63. The Morgan fingerprint density at radius 3 is 2.59 bits per heavy atom. The minimum atomic E-state index is -0.275. The number of benzene rings is 1. The lowest BCUT2D eigenvalue weighted by molar-refractivity contribution is 0.0600. The van der Waals surface area contributed by atoms with Crippen LogP contribution in [0.2, 0.25) is 0 Å². The van der Waals surface area contributed by atoms with Gasteiger partial charge in [0.25, 0.3) is 0 Å². The molecule has 22 heavy (non-hydrogen) atoms. The van der Waals surface area contributed by atoms with Gasteiger partial charge in [-0.05, 0) is 24.6 Å².